The van der Waals surface area contributed by atoms with Gasteiger partial charge in [-0.15, -0.1) is 0 Å². The maximum Gasteiger partial charge on any atom is 0.109 e. The van der Waals surface area contributed by atoms with Gasteiger partial charge >= 0.3 is 0 Å². The average molecular weight is 391 g/mol. The lowest BCUT2D eigenvalue weighted by Crippen LogP contribution is -2.22. The molecule has 2 aliphatic carbocycles. The van der Waals surface area contributed by atoms with Crippen LogP contribution in [-0.4, -0.2) is 0 Å². The topological polar surface area (TPSA) is 47.6 Å². The summed E-state index contributed by atoms with van der Waals surface area (Å²) in [6.45, 7) is 0. The number of hydrogen-bond donors (Lipinski definition) is 0. The van der Waals surface area contributed by atoms with Crippen LogP contribution in [0.15, 0.2) is 48.6 Å². The van der Waals surface area contributed by atoms with Gasteiger partial charge in [0.05, 0.1) is 12.1 Å². The number of fused-ring (bicyclic) bond motifs is 2. The zero-order valence-corrected chi connectivity index (χ0v) is 16.1. The molecular weight excluding hydrogens is 375 g/mol. The number of nitriles is 2. The van der Waals surface area contributed by atoms with Crippen molar-refractivity contribution in [3.8, 4) is 12.1 Å². The Bertz CT molecular complexity index is 1010. The lowest BCUT2D eigenvalue weighted by atomic mass is 9.68. The molecule has 0 fully saturated rings. The zero-order valence-electron chi connectivity index (χ0n) is 14.6. The van der Waals surface area contributed by atoms with Gasteiger partial charge in [0.15, 0.2) is 0 Å². The molecule has 2 nitrogen and oxygen atoms in total. The fraction of sp³-hybridized carbons (Fsp3) is 0.217. The maximum absolute atomic E-state index is 10.4. The third-order valence-corrected chi connectivity index (χ3v) is 5.97. The first-order chi connectivity index (χ1) is 13.1. The highest BCUT2D eigenvalue weighted by atomic mass is 35.5. The molecule has 0 aliphatic heterocycles. The van der Waals surface area contributed by atoms with Crippen LogP contribution >= 0.6 is 23.2 Å². The van der Waals surface area contributed by atoms with Crippen LogP contribution in [0, 0.1) is 28.1 Å². The predicted octanol–water partition coefficient (Wildman–Crippen LogP) is 6.39. The molecule has 0 saturated heterocycles. The smallest absolute Gasteiger partial charge is 0.109 e. The molecule has 0 saturated carbocycles. The summed E-state index contributed by atoms with van der Waals surface area (Å²) >= 11 is 12.5. The highest BCUT2D eigenvalue weighted by Gasteiger charge is 2.43. The molecule has 0 heterocycles. The minimum atomic E-state index is -0.887. The highest BCUT2D eigenvalue weighted by molar-refractivity contribution is 6.31. The van der Waals surface area contributed by atoms with Crippen LogP contribution in [0.1, 0.15) is 35.1 Å². The van der Waals surface area contributed by atoms with Gasteiger partial charge in [-0.2, -0.15) is 10.5 Å². The fourth-order valence-electron chi connectivity index (χ4n) is 4.24. The number of hydrogen-bond acceptors (Lipinski definition) is 2. The summed E-state index contributed by atoms with van der Waals surface area (Å²) in [6, 6.07) is 16.5. The highest BCUT2D eigenvalue weighted by Crippen LogP contribution is 2.54. The molecule has 2 aromatic rings. The molecule has 0 amide bonds. The third-order valence-electron chi connectivity index (χ3n) is 5.50. The van der Waals surface area contributed by atoms with E-state index in [-0.39, 0.29) is 0 Å². The number of halogens is 2. The minimum Gasteiger partial charge on any atom is -0.198 e. The Morgan fingerprint density at radius 1 is 0.852 bits per heavy atom. The first-order valence-corrected chi connectivity index (χ1v) is 9.62. The monoisotopic (exact) mass is 390 g/mol. The molecule has 0 spiro atoms. The quantitative estimate of drug-likeness (QED) is 0.607. The van der Waals surface area contributed by atoms with Crippen molar-refractivity contribution in [2.45, 2.75) is 25.7 Å². The minimum absolute atomic E-state index is 0.300. The molecule has 0 atom stereocenters. The van der Waals surface area contributed by atoms with E-state index in [1.807, 2.05) is 36.4 Å². The van der Waals surface area contributed by atoms with Crippen LogP contribution in [0.3, 0.4) is 0 Å². The third kappa shape index (κ3) is 2.87. The zero-order chi connectivity index (χ0) is 19.0. The van der Waals surface area contributed by atoms with Crippen molar-refractivity contribution in [1.82, 2.24) is 0 Å². The van der Waals surface area contributed by atoms with Crippen LogP contribution in [0.5, 0.6) is 0 Å². The molecule has 4 rings (SSSR count). The maximum atomic E-state index is 10.4. The Kier molecular flexibility index (Phi) is 4.56. The van der Waals surface area contributed by atoms with Crippen molar-refractivity contribution < 1.29 is 0 Å². The number of benzene rings is 2. The average Bonchev–Trinajstić information content (AvgIpc) is 3.28. The summed E-state index contributed by atoms with van der Waals surface area (Å²) in [5, 5.41) is 21.0. The van der Waals surface area contributed by atoms with Crippen LogP contribution in [0.25, 0.3) is 11.1 Å². The second-order valence-electron chi connectivity index (χ2n) is 6.92. The van der Waals surface area contributed by atoms with Crippen LogP contribution in [0.2, 0.25) is 10.0 Å². The van der Waals surface area contributed by atoms with Crippen molar-refractivity contribution in [1.29, 1.82) is 10.5 Å². The van der Waals surface area contributed by atoms with Crippen molar-refractivity contribution in [2.75, 3.05) is 0 Å². The Morgan fingerprint density at radius 2 is 1.37 bits per heavy atom. The van der Waals surface area contributed by atoms with E-state index in [4.69, 9.17) is 23.2 Å². The normalized spacial score (nSPS) is 14.7. The Labute approximate surface area is 169 Å². The van der Waals surface area contributed by atoms with Gasteiger partial charge < -0.3 is 0 Å². The lowest BCUT2D eigenvalue weighted by molar-refractivity contribution is 0.628. The summed E-state index contributed by atoms with van der Waals surface area (Å²) in [6.07, 6.45) is 6.51. The van der Waals surface area contributed by atoms with Gasteiger partial charge in [-0.05, 0) is 76.9 Å². The van der Waals surface area contributed by atoms with E-state index in [1.54, 1.807) is 0 Å². The summed E-state index contributed by atoms with van der Waals surface area (Å²) in [5.41, 5.74) is 5.37. The number of allylic oxidation sites excluding steroid dienone is 4. The Morgan fingerprint density at radius 3 is 1.81 bits per heavy atom. The largest absolute Gasteiger partial charge is 0.198 e. The molecule has 0 aromatic heterocycles. The molecule has 4 heteroatoms. The molecule has 2 aromatic carbocycles. The van der Waals surface area contributed by atoms with Gasteiger partial charge in [0, 0.05) is 16.5 Å². The SMILES string of the molecule is N#CCCC(C#N)(C1=CCc2ccc(Cl)cc21)C1=CCc2ccc(Cl)cc21. The summed E-state index contributed by atoms with van der Waals surface area (Å²) in [4.78, 5) is 0. The molecule has 132 valence electrons. The molecule has 0 bridgehead atoms. The van der Waals surface area contributed by atoms with Crippen molar-refractivity contribution in [3.63, 3.8) is 0 Å². The van der Waals surface area contributed by atoms with Crippen LogP contribution in [-0.2, 0) is 12.8 Å². The van der Waals surface area contributed by atoms with E-state index in [9.17, 15) is 10.5 Å². The Balaban J connectivity index is 1.90. The molecular formula is C23H16Cl2N2. The van der Waals surface area contributed by atoms with E-state index in [2.05, 4.69) is 24.3 Å². The predicted molar refractivity (Wildman–Crippen MR) is 109 cm³/mol. The van der Waals surface area contributed by atoms with E-state index in [1.165, 1.54) is 0 Å². The molecule has 2 aliphatic rings. The number of rotatable bonds is 4. The van der Waals surface area contributed by atoms with Gasteiger partial charge in [-0.1, -0.05) is 47.5 Å². The first-order valence-electron chi connectivity index (χ1n) is 8.86. The fourth-order valence-corrected chi connectivity index (χ4v) is 4.59. The molecule has 0 unspecified atom stereocenters. The lowest BCUT2D eigenvalue weighted by Gasteiger charge is -2.31. The second-order valence-corrected chi connectivity index (χ2v) is 7.79. The van der Waals surface area contributed by atoms with Gasteiger partial charge in [0.1, 0.15) is 5.41 Å². The van der Waals surface area contributed by atoms with E-state index in [0.717, 1.165) is 46.2 Å². The standard InChI is InChI=1S/C23H16Cl2N2/c24-17-6-2-15-4-8-21(19(15)12-17)23(14-27,10-1-11-26)22-9-5-16-3-7-18(25)13-20(16)22/h2-3,6-9,12-13H,1,4-5,10H2. The second kappa shape index (κ2) is 6.90. The van der Waals surface area contributed by atoms with Gasteiger partial charge in [-0.25, -0.2) is 0 Å². The van der Waals surface area contributed by atoms with E-state index in [0.29, 0.717) is 22.9 Å². The number of nitrogens with zero attached hydrogens (tertiary/aromatic N) is 2. The van der Waals surface area contributed by atoms with E-state index < -0.39 is 5.41 Å². The first kappa shape index (κ1) is 17.9. The Hall–Kier alpha value is -2.52. The van der Waals surface area contributed by atoms with Crippen LogP contribution < -0.4 is 0 Å². The van der Waals surface area contributed by atoms with Crippen molar-refractivity contribution in [3.05, 3.63) is 80.8 Å². The van der Waals surface area contributed by atoms with Gasteiger partial charge in [0.25, 0.3) is 0 Å². The van der Waals surface area contributed by atoms with Gasteiger partial charge in [0.2, 0.25) is 0 Å². The summed E-state index contributed by atoms with van der Waals surface area (Å²) < 4.78 is 0. The molecule has 0 radical (unpaired) electrons. The van der Waals surface area contributed by atoms with Gasteiger partial charge in [-0.3, -0.25) is 0 Å². The molecule has 27 heavy (non-hydrogen) atoms. The summed E-state index contributed by atoms with van der Waals surface area (Å²) in [7, 11) is 0. The van der Waals surface area contributed by atoms with Crippen molar-refractivity contribution >= 4 is 34.3 Å². The van der Waals surface area contributed by atoms with E-state index >= 15 is 0 Å². The molecule has 0 N–H and O–H groups in total. The summed E-state index contributed by atoms with van der Waals surface area (Å²) in [5.74, 6) is 0. The van der Waals surface area contributed by atoms with Crippen LogP contribution in [0.4, 0.5) is 0 Å². The van der Waals surface area contributed by atoms with Crippen molar-refractivity contribution in [2.24, 2.45) is 5.41 Å².